The SMILES string of the molecule is Cc1cc(C)c(S(=O)(=O)N2CCCCC2C(C)N)c(C)c1.Cl. The summed E-state index contributed by atoms with van der Waals surface area (Å²) in [6, 6.07) is 3.63. The Morgan fingerprint density at radius 3 is 2.23 bits per heavy atom. The van der Waals surface area contributed by atoms with Crippen molar-refractivity contribution in [3.8, 4) is 0 Å². The lowest BCUT2D eigenvalue weighted by Crippen LogP contribution is -2.51. The number of piperidine rings is 1. The van der Waals surface area contributed by atoms with Gasteiger partial charge in [-0.2, -0.15) is 4.31 Å². The summed E-state index contributed by atoms with van der Waals surface area (Å²) in [5, 5.41) is 0. The van der Waals surface area contributed by atoms with E-state index in [-0.39, 0.29) is 24.5 Å². The monoisotopic (exact) mass is 346 g/mol. The van der Waals surface area contributed by atoms with E-state index >= 15 is 0 Å². The molecule has 0 saturated carbocycles. The Bertz CT molecular complexity index is 606. The Balaban J connectivity index is 0.00000242. The van der Waals surface area contributed by atoms with E-state index in [2.05, 4.69) is 0 Å². The Morgan fingerprint density at radius 2 is 1.73 bits per heavy atom. The number of aryl methyl sites for hydroxylation is 3. The molecule has 0 amide bonds. The normalized spacial score (nSPS) is 21.2. The zero-order valence-corrected chi connectivity index (χ0v) is 15.4. The summed E-state index contributed by atoms with van der Waals surface area (Å²) in [5.74, 6) is 0. The minimum atomic E-state index is -3.48. The minimum absolute atomic E-state index is 0. The number of rotatable bonds is 3. The van der Waals surface area contributed by atoms with Crippen molar-refractivity contribution in [3.63, 3.8) is 0 Å². The number of nitrogens with zero attached hydrogens (tertiary/aromatic N) is 1. The topological polar surface area (TPSA) is 63.4 Å². The molecule has 1 heterocycles. The number of sulfonamides is 1. The van der Waals surface area contributed by atoms with Gasteiger partial charge >= 0.3 is 0 Å². The Kier molecular flexibility index (Phi) is 6.45. The van der Waals surface area contributed by atoms with Crippen LogP contribution in [0.25, 0.3) is 0 Å². The van der Waals surface area contributed by atoms with Crippen LogP contribution >= 0.6 is 12.4 Å². The van der Waals surface area contributed by atoms with Crippen LogP contribution < -0.4 is 5.73 Å². The smallest absolute Gasteiger partial charge is 0.243 e. The highest BCUT2D eigenvalue weighted by molar-refractivity contribution is 7.89. The van der Waals surface area contributed by atoms with Crippen molar-refractivity contribution in [2.24, 2.45) is 5.73 Å². The first kappa shape index (κ1) is 19.4. The van der Waals surface area contributed by atoms with Gasteiger partial charge in [-0.1, -0.05) is 24.1 Å². The first-order valence-electron chi connectivity index (χ1n) is 7.60. The average Bonchev–Trinajstić information content (AvgIpc) is 2.37. The highest BCUT2D eigenvalue weighted by Crippen LogP contribution is 2.30. The quantitative estimate of drug-likeness (QED) is 0.915. The third kappa shape index (κ3) is 3.65. The largest absolute Gasteiger partial charge is 0.326 e. The van der Waals surface area contributed by atoms with Gasteiger partial charge < -0.3 is 5.73 Å². The summed E-state index contributed by atoms with van der Waals surface area (Å²) in [6.45, 7) is 8.20. The molecule has 1 aromatic rings. The number of benzene rings is 1. The molecule has 2 unspecified atom stereocenters. The first-order chi connectivity index (χ1) is 9.75. The lowest BCUT2D eigenvalue weighted by Gasteiger charge is -2.37. The zero-order valence-electron chi connectivity index (χ0n) is 13.8. The Labute approximate surface area is 140 Å². The molecule has 1 fully saturated rings. The van der Waals surface area contributed by atoms with E-state index in [0.717, 1.165) is 36.0 Å². The molecule has 2 N–H and O–H groups in total. The van der Waals surface area contributed by atoms with Gasteiger partial charge in [0.2, 0.25) is 10.0 Å². The van der Waals surface area contributed by atoms with Gasteiger partial charge in [0.25, 0.3) is 0 Å². The second-order valence-electron chi connectivity index (χ2n) is 6.27. The molecule has 2 atom stereocenters. The molecule has 0 spiro atoms. The van der Waals surface area contributed by atoms with E-state index in [9.17, 15) is 8.42 Å². The van der Waals surface area contributed by atoms with E-state index in [1.54, 1.807) is 4.31 Å². The number of hydrogen-bond donors (Lipinski definition) is 1. The molecule has 1 saturated heterocycles. The van der Waals surface area contributed by atoms with Crippen LogP contribution in [0.2, 0.25) is 0 Å². The van der Waals surface area contributed by atoms with Gasteiger partial charge in [0, 0.05) is 18.6 Å². The molecular weight excluding hydrogens is 320 g/mol. The van der Waals surface area contributed by atoms with Gasteiger partial charge in [0.05, 0.1) is 4.90 Å². The van der Waals surface area contributed by atoms with Crippen molar-refractivity contribution in [2.75, 3.05) is 6.54 Å². The number of halogens is 1. The standard InChI is InChI=1S/C16H26N2O2S.ClH/c1-11-9-12(2)16(13(3)10-11)21(19,20)18-8-6-5-7-15(18)14(4)17;/h9-10,14-15H,5-8,17H2,1-4H3;1H. The molecular formula is C16H27ClN2O2S. The fourth-order valence-electron chi connectivity index (χ4n) is 3.45. The van der Waals surface area contributed by atoms with Crippen LogP contribution in [0.5, 0.6) is 0 Å². The number of hydrogen-bond acceptors (Lipinski definition) is 3. The van der Waals surface area contributed by atoms with Gasteiger partial charge in [0.15, 0.2) is 0 Å². The molecule has 0 aliphatic carbocycles. The summed E-state index contributed by atoms with van der Waals surface area (Å²) < 4.78 is 27.9. The van der Waals surface area contributed by atoms with Crippen molar-refractivity contribution in [3.05, 3.63) is 28.8 Å². The van der Waals surface area contributed by atoms with E-state index in [4.69, 9.17) is 5.73 Å². The molecule has 1 aromatic carbocycles. The molecule has 4 nitrogen and oxygen atoms in total. The van der Waals surface area contributed by atoms with Gasteiger partial charge in [-0.15, -0.1) is 12.4 Å². The molecule has 2 rings (SSSR count). The maximum Gasteiger partial charge on any atom is 0.243 e. The van der Waals surface area contributed by atoms with Crippen molar-refractivity contribution in [1.82, 2.24) is 4.31 Å². The van der Waals surface area contributed by atoms with E-state index in [1.807, 2.05) is 39.8 Å². The lowest BCUT2D eigenvalue weighted by molar-refractivity contribution is 0.227. The predicted molar refractivity (Wildman–Crippen MR) is 93.1 cm³/mol. The zero-order chi connectivity index (χ0) is 15.8. The summed E-state index contributed by atoms with van der Waals surface area (Å²) in [7, 11) is -3.48. The third-order valence-corrected chi connectivity index (χ3v) is 6.51. The van der Waals surface area contributed by atoms with E-state index in [0.29, 0.717) is 11.4 Å². The fourth-order valence-corrected chi connectivity index (χ4v) is 5.63. The van der Waals surface area contributed by atoms with Crippen LogP contribution in [0.4, 0.5) is 0 Å². The van der Waals surface area contributed by atoms with Crippen molar-refractivity contribution >= 4 is 22.4 Å². The van der Waals surface area contributed by atoms with Crippen LogP contribution in [0.3, 0.4) is 0 Å². The van der Waals surface area contributed by atoms with Crippen LogP contribution in [0.1, 0.15) is 42.9 Å². The molecule has 0 radical (unpaired) electrons. The van der Waals surface area contributed by atoms with Gasteiger partial charge in [0.1, 0.15) is 0 Å². The number of nitrogens with two attached hydrogens (primary N) is 1. The minimum Gasteiger partial charge on any atom is -0.326 e. The second-order valence-corrected chi connectivity index (χ2v) is 8.09. The Hall–Kier alpha value is -0.620. The molecule has 126 valence electrons. The highest BCUT2D eigenvalue weighted by Gasteiger charge is 2.36. The lowest BCUT2D eigenvalue weighted by atomic mass is 10.00. The van der Waals surface area contributed by atoms with Crippen molar-refractivity contribution in [2.45, 2.75) is 63.9 Å². The summed E-state index contributed by atoms with van der Waals surface area (Å²) in [4.78, 5) is 0.459. The van der Waals surface area contributed by atoms with Gasteiger partial charge in [-0.25, -0.2) is 8.42 Å². The summed E-state index contributed by atoms with van der Waals surface area (Å²) in [6.07, 6.45) is 2.80. The average molecular weight is 347 g/mol. The molecule has 6 heteroatoms. The predicted octanol–water partition coefficient (Wildman–Crippen LogP) is 2.92. The van der Waals surface area contributed by atoms with Gasteiger partial charge in [-0.05, 0) is 51.7 Å². The van der Waals surface area contributed by atoms with E-state index in [1.165, 1.54) is 0 Å². The van der Waals surface area contributed by atoms with Crippen LogP contribution in [-0.4, -0.2) is 31.4 Å². The van der Waals surface area contributed by atoms with Crippen LogP contribution in [0, 0.1) is 20.8 Å². The summed E-state index contributed by atoms with van der Waals surface area (Å²) in [5.41, 5.74) is 8.76. The summed E-state index contributed by atoms with van der Waals surface area (Å²) >= 11 is 0. The molecule has 1 aliphatic rings. The van der Waals surface area contributed by atoms with Crippen molar-refractivity contribution in [1.29, 1.82) is 0 Å². The van der Waals surface area contributed by atoms with Crippen LogP contribution in [0.15, 0.2) is 17.0 Å². The van der Waals surface area contributed by atoms with Crippen LogP contribution in [-0.2, 0) is 10.0 Å². The fraction of sp³-hybridized carbons (Fsp3) is 0.625. The highest BCUT2D eigenvalue weighted by atomic mass is 35.5. The molecule has 22 heavy (non-hydrogen) atoms. The third-order valence-electron chi connectivity index (χ3n) is 4.28. The second kappa shape index (κ2) is 7.30. The first-order valence-corrected chi connectivity index (χ1v) is 9.04. The maximum atomic E-state index is 13.1. The van der Waals surface area contributed by atoms with Crippen molar-refractivity contribution < 1.29 is 8.42 Å². The maximum absolute atomic E-state index is 13.1. The van der Waals surface area contributed by atoms with Gasteiger partial charge in [-0.3, -0.25) is 0 Å². The Morgan fingerprint density at radius 1 is 1.18 bits per heavy atom. The molecule has 1 aliphatic heterocycles. The molecule has 0 aromatic heterocycles. The van der Waals surface area contributed by atoms with E-state index < -0.39 is 10.0 Å². The molecule has 0 bridgehead atoms.